The molecule has 0 bridgehead atoms. The molecule has 0 atom stereocenters. The van der Waals surface area contributed by atoms with Crippen molar-refractivity contribution in [1.29, 1.82) is 0 Å². The second kappa shape index (κ2) is 7.81. The van der Waals surface area contributed by atoms with E-state index < -0.39 is 0 Å². The van der Waals surface area contributed by atoms with Crippen molar-refractivity contribution >= 4 is 11.6 Å². The van der Waals surface area contributed by atoms with Crippen LogP contribution in [0.5, 0.6) is 5.88 Å². The minimum Gasteiger partial charge on any atom is -0.475 e. The zero-order valence-corrected chi connectivity index (χ0v) is 13.1. The highest BCUT2D eigenvalue weighted by molar-refractivity contribution is 6.31. The molecule has 0 unspecified atom stereocenters. The molecule has 1 aromatic rings. The van der Waals surface area contributed by atoms with Crippen LogP contribution in [0.15, 0.2) is 12.3 Å². The minimum atomic E-state index is 0.449. The Bertz CT molecular complexity index is 420. The predicted octanol–water partition coefficient (Wildman–Crippen LogP) is 2.71. The van der Waals surface area contributed by atoms with Crippen LogP contribution < -0.4 is 10.1 Å². The Balaban J connectivity index is 1.79. The SMILES string of the molecule is CC(C)NCc1cnc(OCCN2CCCC2)c(Cl)c1. The van der Waals surface area contributed by atoms with Gasteiger partial charge >= 0.3 is 0 Å². The fraction of sp³-hybridized carbons (Fsp3) is 0.667. The third kappa shape index (κ3) is 4.93. The quantitative estimate of drug-likeness (QED) is 0.840. The molecule has 0 radical (unpaired) electrons. The van der Waals surface area contributed by atoms with Crippen LogP contribution in [-0.2, 0) is 6.54 Å². The maximum absolute atomic E-state index is 6.21. The summed E-state index contributed by atoms with van der Waals surface area (Å²) in [7, 11) is 0. The van der Waals surface area contributed by atoms with Gasteiger partial charge in [-0.1, -0.05) is 25.4 Å². The largest absolute Gasteiger partial charge is 0.475 e. The van der Waals surface area contributed by atoms with Crippen molar-refractivity contribution in [2.45, 2.75) is 39.3 Å². The Morgan fingerprint density at radius 1 is 1.40 bits per heavy atom. The van der Waals surface area contributed by atoms with Gasteiger partial charge in [0.15, 0.2) is 0 Å². The lowest BCUT2D eigenvalue weighted by Gasteiger charge is -2.15. The molecule has 1 aromatic heterocycles. The number of rotatable bonds is 7. The van der Waals surface area contributed by atoms with E-state index in [-0.39, 0.29) is 0 Å². The second-order valence-electron chi connectivity index (χ2n) is 5.56. The van der Waals surface area contributed by atoms with Gasteiger partial charge in [-0.25, -0.2) is 4.98 Å². The lowest BCUT2D eigenvalue weighted by Crippen LogP contribution is -2.25. The highest BCUT2D eigenvalue weighted by Crippen LogP contribution is 2.22. The fourth-order valence-corrected chi connectivity index (χ4v) is 2.51. The van der Waals surface area contributed by atoms with E-state index in [1.165, 1.54) is 25.9 Å². The van der Waals surface area contributed by atoms with Crippen LogP contribution >= 0.6 is 11.6 Å². The number of nitrogens with one attached hydrogen (secondary N) is 1. The van der Waals surface area contributed by atoms with Gasteiger partial charge in [-0.05, 0) is 37.6 Å². The highest BCUT2D eigenvalue weighted by atomic mass is 35.5. The first-order valence-corrected chi connectivity index (χ1v) is 7.76. The third-order valence-electron chi connectivity index (χ3n) is 3.42. The van der Waals surface area contributed by atoms with Crippen LogP contribution in [0, 0.1) is 0 Å². The summed E-state index contributed by atoms with van der Waals surface area (Å²) in [5.41, 5.74) is 1.08. The van der Waals surface area contributed by atoms with E-state index in [0.717, 1.165) is 18.7 Å². The Morgan fingerprint density at radius 2 is 2.15 bits per heavy atom. The topological polar surface area (TPSA) is 37.4 Å². The number of aromatic nitrogens is 1. The molecular formula is C15H24ClN3O. The predicted molar refractivity (Wildman–Crippen MR) is 82.4 cm³/mol. The smallest absolute Gasteiger partial charge is 0.232 e. The molecule has 0 spiro atoms. The molecule has 1 aliphatic rings. The van der Waals surface area contributed by atoms with Gasteiger partial charge in [-0.15, -0.1) is 0 Å². The Labute approximate surface area is 126 Å². The van der Waals surface area contributed by atoms with Gasteiger partial charge < -0.3 is 10.1 Å². The average molecular weight is 298 g/mol. The molecule has 2 heterocycles. The van der Waals surface area contributed by atoms with Crippen LogP contribution in [-0.4, -0.2) is 42.2 Å². The molecule has 20 heavy (non-hydrogen) atoms. The standard InChI is InChI=1S/C15H24ClN3O/c1-12(2)17-10-13-9-14(16)15(18-11-13)20-8-7-19-5-3-4-6-19/h9,11-12,17H,3-8,10H2,1-2H3. The first kappa shape index (κ1) is 15.5. The monoisotopic (exact) mass is 297 g/mol. The molecular weight excluding hydrogens is 274 g/mol. The molecule has 4 nitrogen and oxygen atoms in total. The number of ether oxygens (including phenoxy) is 1. The van der Waals surface area contributed by atoms with Crippen molar-refractivity contribution in [3.8, 4) is 5.88 Å². The number of likely N-dealkylation sites (tertiary alicyclic amines) is 1. The molecule has 0 saturated carbocycles. The normalized spacial score (nSPS) is 16.0. The summed E-state index contributed by atoms with van der Waals surface area (Å²) in [6.45, 7) is 8.98. The molecule has 1 fully saturated rings. The molecule has 0 aliphatic carbocycles. The first-order valence-electron chi connectivity index (χ1n) is 7.38. The van der Waals surface area contributed by atoms with E-state index in [9.17, 15) is 0 Å². The van der Waals surface area contributed by atoms with E-state index in [0.29, 0.717) is 23.6 Å². The van der Waals surface area contributed by atoms with Crippen molar-refractivity contribution < 1.29 is 4.74 Å². The minimum absolute atomic E-state index is 0.449. The van der Waals surface area contributed by atoms with Crippen molar-refractivity contribution in [3.05, 3.63) is 22.8 Å². The van der Waals surface area contributed by atoms with E-state index in [1.807, 2.05) is 12.3 Å². The van der Waals surface area contributed by atoms with E-state index >= 15 is 0 Å². The van der Waals surface area contributed by atoms with Gasteiger partial charge in [-0.2, -0.15) is 0 Å². The Kier molecular flexibility index (Phi) is 6.07. The Morgan fingerprint density at radius 3 is 2.80 bits per heavy atom. The molecule has 0 amide bonds. The van der Waals surface area contributed by atoms with Crippen LogP contribution in [0.25, 0.3) is 0 Å². The second-order valence-corrected chi connectivity index (χ2v) is 5.97. The summed E-state index contributed by atoms with van der Waals surface area (Å²) in [6.07, 6.45) is 4.43. The molecule has 0 aromatic carbocycles. The zero-order valence-electron chi connectivity index (χ0n) is 12.4. The number of hydrogen-bond acceptors (Lipinski definition) is 4. The molecule has 1 saturated heterocycles. The molecule has 5 heteroatoms. The maximum atomic E-state index is 6.21. The van der Waals surface area contributed by atoms with Crippen molar-refractivity contribution in [3.63, 3.8) is 0 Å². The molecule has 2 rings (SSSR count). The van der Waals surface area contributed by atoms with E-state index in [1.54, 1.807) is 0 Å². The molecule has 112 valence electrons. The summed E-state index contributed by atoms with van der Waals surface area (Å²) >= 11 is 6.21. The summed E-state index contributed by atoms with van der Waals surface area (Å²) in [5.74, 6) is 0.541. The van der Waals surface area contributed by atoms with Gasteiger partial charge in [0, 0.05) is 25.3 Å². The zero-order chi connectivity index (χ0) is 14.4. The van der Waals surface area contributed by atoms with Gasteiger partial charge in [0.2, 0.25) is 5.88 Å². The summed E-state index contributed by atoms with van der Waals surface area (Å²) in [4.78, 5) is 6.72. The lowest BCUT2D eigenvalue weighted by molar-refractivity contribution is 0.232. The van der Waals surface area contributed by atoms with Crippen LogP contribution in [0.3, 0.4) is 0 Å². The van der Waals surface area contributed by atoms with Crippen molar-refractivity contribution in [1.82, 2.24) is 15.2 Å². The summed E-state index contributed by atoms with van der Waals surface area (Å²) < 4.78 is 5.67. The number of hydrogen-bond donors (Lipinski definition) is 1. The summed E-state index contributed by atoms with van der Waals surface area (Å²) in [6, 6.07) is 2.37. The van der Waals surface area contributed by atoms with Gasteiger partial charge in [0.25, 0.3) is 0 Å². The molecule has 1 aliphatic heterocycles. The summed E-state index contributed by atoms with van der Waals surface area (Å²) in [5, 5.41) is 3.93. The fourth-order valence-electron chi connectivity index (χ4n) is 2.27. The van der Waals surface area contributed by atoms with Gasteiger partial charge in [0.1, 0.15) is 11.6 Å². The first-order chi connectivity index (χ1) is 9.65. The van der Waals surface area contributed by atoms with Crippen molar-refractivity contribution in [2.75, 3.05) is 26.2 Å². The van der Waals surface area contributed by atoms with Crippen LogP contribution in [0.2, 0.25) is 5.02 Å². The maximum Gasteiger partial charge on any atom is 0.232 e. The van der Waals surface area contributed by atoms with E-state index in [2.05, 4.69) is 29.0 Å². The van der Waals surface area contributed by atoms with Gasteiger partial charge in [-0.3, -0.25) is 4.90 Å². The van der Waals surface area contributed by atoms with Crippen molar-refractivity contribution in [2.24, 2.45) is 0 Å². The Hall–Kier alpha value is -0.840. The number of halogens is 1. The molecule has 1 N–H and O–H groups in total. The van der Waals surface area contributed by atoms with Crippen LogP contribution in [0.4, 0.5) is 0 Å². The average Bonchev–Trinajstić information content (AvgIpc) is 2.92. The van der Waals surface area contributed by atoms with Gasteiger partial charge in [0.05, 0.1) is 0 Å². The number of pyridine rings is 1. The lowest BCUT2D eigenvalue weighted by atomic mass is 10.2. The number of nitrogens with zero attached hydrogens (tertiary/aromatic N) is 2. The highest BCUT2D eigenvalue weighted by Gasteiger charge is 2.12. The van der Waals surface area contributed by atoms with E-state index in [4.69, 9.17) is 16.3 Å². The van der Waals surface area contributed by atoms with Crippen LogP contribution in [0.1, 0.15) is 32.3 Å². The third-order valence-corrected chi connectivity index (χ3v) is 3.69.